The maximum Gasteiger partial charge on any atom is 0.319 e. The van der Waals surface area contributed by atoms with E-state index < -0.39 is 0 Å². The van der Waals surface area contributed by atoms with Crippen molar-refractivity contribution in [1.82, 2.24) is 20.5 Å². The standard InChI is InChI=1S/C20H23N7O3/c1-29-15-7-6-14(13-16(15)30-2)24-20(28)23-12-11-22-18-8-9-19(27-26-18)25-17-5-3-4-10-21-17/h3-10,13H,11-12H2,1-2H3,(H,22,26)(H,21,25,27)(H2,23,24,28). The fraction of sp³-hybridized carbons (Fsp3) is 0.200. The Balaban J connectivity index is 1.40. The molecule has 0 fully saturated rings. The minimum atomic E-state index is -0.329. The number of anilines is 4. The van der Waals surface area contributed by atoms with Gasteiger partial charge in [0.2, 0.25) is 0 Å². The zero-order valence-corrected chi connectivity index (χ0v) is 16.7. The van der Waals surface area contributed by atoms with Gasteiger partial charge in [0.25, 0.3) is 0 Å². The number of nitrogens with zero attached hydrogens (tertiary/aromatic N) is 3. The van der Waals surface area contributed by atoms with Gasteiger partial charge in [-0.3, -0.25) is 0 Å². The smallest absolute Gasteiger partial charge is 0.319 e. The first-order chi connectivity index (χ1) is 14.7. The molecule has 0 unspecified atom stereocenters. The van der Waals surface area contributed by atoms with Crippen LogP contribution in [0.25, 0.3) is 0 Å². The van der Waals surface area contributed by atoms with E-state index in [1.54, 1.807) is 43.6 Å². The summed E-state index contributed by atoms with van der Waals surface area (Å²) < 4.78 is 10.4. The highest BCUT2D eigenvalue weighted by Crippen LogP contribution is 2.29. The lowest BCUT2D eigenvalue weighted by molar-refractivity contribution is 0.252. The average molecular weight is 409 g/mol. The number of carbonyl (C=O) groups is 1. The molecule has 0 bridgehead atoms. The summed E-state index contributed by atoms with van der Waals surface area (Å²) >= 11 is 0. The predicted molar refractivity (Wildman–Crippen MR) is 115 cm³/mol. The lowest BCUT2D eigenvalue weighted by Crippen LogP contribution is -2.32. The number of nitrogens with one attached hydrogen (secondary N) is 4. The molecule has 2 heterocycles. The maximum atomic E-state index is 12.0. The highest BCUT2D eigenvalue weighted by molar-refractivity contribution is 5.89. The summed E-state index contributed by atoms with van der Waals surface area (Å²) in [6.45, 7) is 0.885. The summed E-state index contributed by atoms with van der Waals surface area (Å²) in [6.07, 6.45) is 1.69. The molecular formula is C20H23N7O3. The van der Waals surface area contributed by atoms with Gasteiger partial charge in [-0.2, -0.15) is 0 Å². The van der Waals surface area contributed by atoms with Crippen molar-refractivity contribution in [2.24, 2.45) is 0 Å². The van der Waals surface area contributed by atoms with Crippen molar-refractivity contribution < 1.29 is 14.3 Å². The Morgan fingerprint density at radius 3 is 2.40 bits per heavy atom. The topological polar surface area (TPSA) is 122 Å². The van der Waals surface area contributed by atoms with E-state index in [9.17, 15) is 4.79 Å². The quantitative estimate of drug-likeness (QED) is 0.398. The van der Waals surface area contributed by atoms with Crippen LogP contribution in [-0.4, -0.2) is 48.5 Å². The third-order valence-corrected chi connectivity index (χ3v) is 3.94. The predicted octanol–water partition coefficient (Wildman–Crippen LogP) is 2.87. The number of hydrogen-bond acceptors (Lipinski definition) is 8. The number of carbonyl (C=O) groups excluding carboxylic acids is 1. The van der Waals surface area contributed by atoms with Gasteiger partial charge in [-0.05, 0) is 36.4 Å². The average Bonchev–Trinajstić information content (AvgIpc) is 2.78. The molecule has 4 N–H and O–H groups in total. The van der Waals surface area contributed by atoms with E-state index in [-0.39, 0.29) is 6.03 Å². The first-order valence-electron chi connectivity index (χ1n) is 9.20. The molecule has 0 atom stereocenters. The molecule has 0 radical (unpaired) electrons. The molecule has 1 aromatic carbocycles. The summed E-state index contributed by atoms with van der Waals surface area (Å²) in [7, 11) is 3.09. The maximum absolute atomic E-state index is 12.0. The molecule has 156 valence electrons. The molecule has 2 amide bonds. The number of urea groups is 1. The number of hydrogen-bond donors (Lipinski definition) is 4. The van der Waals surface area contributed by atoms with Gasteiger partial charge in [-0.15, -0.1) is 10.2 Å². The molecule has 10 nitrogen and oxygen atoms in total. The van der Waals surface area contributed by atoms with Gasteiger partial charge in [-0.1, -0.05) is 6.07 Å². The summed E-state index contributed by atoms with van der Waals surface area (Å²) in [5, 5.41) is 19.8. The largest absolute Gasteiger partial charge is 0.493 e. The fourth-order valence-electron chi connectivity index (χ4n) is 2.52. The number of pyridine rings is 1. The first-order valence-corrected chi connectivity index (χ1v) is 9.20. The van der Waals surface area contributed by atoms with Crippen molar-refractivity contribution >= 4 is 29.2 Å². The van der Waals surface area contributed by atoms with Crippen molar-refractivity contribution in [1.29, 1.82) is 0 Å². The van der Waals surface area contributed by atoms with Crippen LogP contribution in [0.1, 0.15) is 0 Å². The van der Waals surface area contributed by atoms with Crippen LogP contribution in [0.4, 0.5) is 27.9 Å². The molecule has 3 aromatic rings. The second-order valence-electron chi connectivity index (χ2n) is 6.02. The zero-order valence-electron chi connectivity index (χ0n) is 16.7. The second kappa shape index (κ2) is 10.5. The van der Waals surface area contributed by atoms with E-state index in [0.29, 0.717) is 47.7 Å². The summed E-state index contributed by atoms with van der Waals surface area (Å²) in [6, 6.07) is 14.0. The highest BCUT2D eigenvalue weighted by atomic mass is 16.5. The molecule has 0 saturated carbocycles. The highest BCUT2D eigenvalue weighted by Gasteiger charge is 2.07. The number of rotatable bonds is 9. The van der Waals surface area contributed by atoms with E-state index in [1.807, 2.05) is 18.2 Å². The van der Waals surface area contributed by atoms with E-state index >= 15 is 0 Å². The molecule has 3 rings (SSSR count). The van der Waals surface area contributed by atoms with Crippen molar-refractivity contribution in [3.63, 3.8) is 0 Å². The molecule has 10 heteroatoms. The van der Waals surface area contributed by atoms with E-state index in [2.05, 4.69) is 36.4 Å². The molecule has 2 aromatic heterocycles. The van der Waals surface area contributed by atoms with Crippen LogP contribution in [0.2, 0.25) is 0 Å². The molecule has 0 aliphatic rings. The van der Waals surface area contributed by atoms with Crippen LogP contribution in [0.15, 0.2) is 54.7 Å². The minimum absolute atomic E-state index is 0.329. The van der Waals surface area contributed by atoms with Gasteiger partial charge in [0.1, 0.15) is 11.6 Å². The fourth-order valence-corrected chi connectivity index (χ4v) is 2.52. The summed E-state index contributed by atoms with van der Waals surface area (Å²) in [5.41, 5.74) is 0.597. The van der Waals surface area contributed by atoms with Crippen LogP contribution < -0.4 is 30.7 Å². The van der Waals surface area contributed by atoms with Gasteiger partial charge in [-0.25, -0.2) is 9.78 Å². The SMILES string of the molecule is COc1ccc(NC(=O)NCCNc2ccc(Nc3ccccn3)nn2)cc1OC. The normalized spacial score (nSPS) is 10.1. The van der Waals surface area contributed by atoms with Crippen LogP contribution in [0.3, 0.4) is 0 Å². The minimum Gasteiger partial charge on any atom is -0.493 e. The third-order valence-electron chi connectivity index (χ3n) is 3.94. The van der Waals surface area contributed by atoms with E-state index in [1.165, 1.54) is 7.11 Å². The number of aromatic nitrogens is 3. The van der Waals surface area contributed by atoms with Gasteiger partial charge in [0.15, 0.2) is 17.3 Å². The van der Waals surface area contributed by atoms with Gasteiger partial charge in [0.05, 0.1) is 14.2 Å². The van der Waals surface area contributed by atoms with E-state index in [4.69, 9.17) is 9.47 Å². The molecule has 0 saturated heterocycles. The van der Waals surface area contributed by atoms with Crippen molar-refractivity contribution in [3.8, 4) is 11.5 Å². The lowest BCUT2D eigenvalue weighted by Gasteiger charge is -2.11. The van der Waals surface area contributed by atoms with Gasteiger partial charge in [0, 0.05) is 31.0 Å². The Bertz CT molecular complexity index is 952. The Morgan fingerprint density at radius 2 is 1.70 bits per heavy atom. The Hall–Kier alpha value is -4.08. The molecule has 0 aliphatic heterocycles. The van der Waals surface area contributed by atoms with Gasteiger partial charge >= 0.3 is 6.03 Å². The number of amides is 2. The Labute approximate surface area is 174 Å². The molecule has 0 aliphatic carbocycles. The molecular weight excluding hydrogens is 386 g/mol. The zero-order chi connectivity index (χ0) is 21.2. The van der Waals surface area contributed by atoms with Crippen LogP contribution in [0, 0.1) is 0 Å². The Kier molecular flexibility index (Phi) is 7.20. The lowest BCUT2D eigenvalue weighted by atomic mass is 10.3. The third kappa shape index (κ3) is 5.96. The Morgan fingerprint density at radius 1 is 0.900 bits per heavy atom. The first kappa shape index (κ1) is 20.6. The van der Waals surface area contributed by atoms with Gasteiger partial charge < -0.3 is 30.7 Å². The molecule has 30 heavy (non-hydrogen) atoms. The van der Waals surface area contributed by atoms with Crippen LogP contribution in [0.5, 0.6) is 11.5 Å². The van der Waals surface area contributed by atoms with Crippen LogP contribution >= 0.6 is 0 Å². The molecule has 0 spiro atoms. The number of methoxy groups -OCH3 is 2. The summed E-state index contributed by atoms with van der Waals surface area (Å²) in [5.74, 6) is 3.01. The van der Waals surface area contributed by atoms with Crippen molar-refractivity contribution in [2.75, 3.05) is 43.3 Å². The number of ether oxygens (including phenoxy) is 2. The van der Waals surface area contributed by atoms with Crippen LogP contribution in [-0.2, 0) is 0 Å². The monoisotopic (exact) mass is 409 g/mol. The van der Waals surface area contributed by atoms with E-state index in [0.717, 1.165) is 0 Å². The second-order valence-corrected chi connectivity index (χ2v) is 6.02. The van der Waals surface area contributed by atoms with Crippen molar-refractivity contribution in [2.45, 2.75) is 0 Å². The van der Waals surface area contributed by atoms with Crippen molar-refractivity contribution in [3.05, 3.63) is 54.7 Å². The number of benzene rings is 1. The summed E-state index contributed by atoms with van der Waals surface area (Å²) in [4.78, 5) is 16.2.